The topological polar surface area (TPSA) is 111 Å². The van der Waals surface area contributed by atoms with E-state index in [4.69, 9.17) is 44.4 Å². The molecule has 0 radical (unpaired) electrons. The van der Waals surface area contributed by atoms with E-state index >= 15 is 0 Å². The average molecular weight is 643 g/mol. The summed E-state index contributed by atoms with van der Waals surface area (Å²) in [5.74, 6) is 2.59. The van der Waals surface area contributed by atoms with E-state index in [2.05, 4.69) is 10.2 Å². The molecule has 2 aromatic heterocycles. The van der Waals surface area contributed by atoms with Crippen LogP contribution in [-0.2, 0) is 12.4 Å². The molecule has 5 aromatic rings. The van der Waals surface area contributed by atoms with Crippen LogP contribution in [-0.4, -0.2) is 45.7 Å². The summed E-state index contributed by atoms with van der Waals surface area (Å²) in [6.07, 6.45) is 0. The molecule has 10 nitrogen and oxygen atoms in total. The Morgan fingerprint density at radius 3 is 2.23 bits per heavy atom. The van der Waals surface area contributed by atoms with Gasteiger partial charge in [0.15, 0.2) is 26.6 Å². The highest BCUT2D eigenvalue weighted by molar-refractivity contribution is 8.00. The smallest absolute Gasteiger partial charge is 0.239 e. The Bertz CT molecular complexity index is 1800. The lowest BCUT2D eigenvalue weighted by Crippen LogP contribution is -2.11. The normalized spacial score (nSPS) is 10.9. The molecular formula is C30H27ClN2O8S2. The number of ether oxygens (including phenoxy) is 6. The summed E-state index contributed by atoms with van der Waals surface area (Å²) in [7, 11) is 7.49. The van der Waals surface area contributed by atoms with E-state index in [0.717, 1.165) is 9.90 Å². The van der Waals surface area contributed by atoms with Crippen LogP contribution in [0.4, 0.5) is 0 Å². The molecular weight excluding hydrogens is 616 g/mol. The summed E-state index contributed by atoms with van der Waals surface area (Å²) in [4.78, 5) is 14.0. The third kappa shape index (κ3) is 6.31. The number of halogens is 1. The van der Waals surface area contributed by atoms with E-state index < -0.39 is 5.43 Å². The Morgan fingerprint density at radius 2 is 1.58 bits per heavy atom. The zero-order chi connectivity index (χ0) is 30.5. The summed E-state index contributed by atoms with van der Waals surface area (Å²) in [6.45, 7) is -0.0313. The molecule has 0 atom stereocenters. The standard InChI is InChI=1S/C30H27ClN2O8S2/c1-35-18-12-20(36-2)25-21(13-18)41-27(17-10-22(37-3)28(39-5)23(11-17)38-4)29(26(25)34)40-14-24-32-33-30(43-24)42-15-16-8-6-7-9-19(16)31/h6-13H,14-15H2,1-5H3. The van der Waals surface area contributed by atoms with Crippen LogP contribution in [0.1, 0.15) is 10.6 Å². The summed E-state index contributed by atoms with van der Waals surface area (Å²) >= 11 is 9.16. The van der Waals surface area contributed by atoms with E-state index in [9.17, 15) is 4.79 Å². The van der Waals surface area contributed by atoms with Gasteiger partial charge in [0.25, 0.3) is 0 Å². The highest BCUT2D eigenvalue weighted by Gasteiger charge is 2.25. The first kappa shape index (κ1) is 30.3. The van der Waals surface area contributed by atoms with Crippen molar-refractivity contribution >= 4 is 45.7 Å². The maximum Gasteiger partial charge on any atom is 0.239 e. The highest BCUT2D eigenvalue weighted by Crippen LogP contribution is 2.44. The van der Waals surface area contributed by atoms with Crippen LogP contribution >= 0.6 is 34.7 Å². The van der Waals surface area contributed by atoms with Crippen molar-refractivity contribution in [3.63, 3.8) is 0 Å². The molecule has 0 aliphatic heterocycles. The lowest BCUT2D eigenvalue weighted by atomic mass is 10.1. The number of thioether (sulfide) groups is 1. The Balaban J connectivity index is 1.55. The van der Waals surface area contributed by atoms with Crippen molar-refractivity contribution in [1.29, 1.82) is 0 Å². The van der Waals surface area contributed by atoms with Crippen LogP contribution in [0.3, 0.4) is 0 Å². The second kappa shape index (κ2) is 13.4. The first-order chi connectivity index (χ1) is 20.9. The molecule has 2 heterocycles. The molecule has 0 fully saturated rings. The van der Waals surface area contributed by atoms with E-state index in [1.54, 1.807) is 24.3 Å². The maximum absolute atomic E-state index is 14.0. The molecule has 0 spiro atoms. The minimum Gasteiger partial charge on any atom is -0.496 e. The van der Waals surface area contributed by atoms with E-state index in [-0.39, 0.29) is 34.8 Å². The predicted octanol–water partition coefficient (Wildman–Crippen LogP) is 6.88. The van der Waals surface area contributed by atoms with Crippen LogP contribution in [0.2, 0.25) is 5.02 Å². The molecule has 3 aromatic carbocycles. The number of hydrogen-bond donors (Lipinski definition) is 0. The van der Waals surface area contributed by atoms with Gasteiger partial charge in [0, 0.05) is 28.5 Å². The molecule has 0 saturated carbocycles. The van der Waals surface area contributed by atoms with Gasteiger partial charge in [-0.05, 0) is 23.8 Å². The summed E-state index contributed by atoms with van der Waals surface area (Å²) in [5, 5.41) is 9.97. The van der Waals surface area contributed by atoms with Crippen molar-refractivity contribution in [2.24, 2.45) is 0 Å². The Morgan fingerprint density at radius 1 is 0.860 bits per heavy atom. The van der Waals surface area contributed by atoms with Crippen LogP contribution < -0.4 is 33.8 Å². The maximum atomic E-state index is 14.0. The molecule has 13 heteroatoms. The highest BCUT2D eigenvalue weighted by atomic mass is 35.5. The van der Waals surface area contributed by atoms with Gasteiger partial charge < -0.3 is 32.8 Å². The Hall–Kier alpha value is -4.13. The van der Waals surface area contributed by atoms with E-state index in [1.165, 1.54) is 58.6 Å². The lowest BCUT2D eigenvalue weighted by molar-refractivity contribution is 0.295. The van der Waals surface area contributed by atoms with E-state index in [1.807, 2.05) is 24.3 Å². The predicted molar refractivity (Wildman–Crippen MR) is 166 cm³/mol. The SMILES string of the molecule is COc1cc(OC)c2c(=O)c(OCc3nnc(SCc4ccccc4Cl)s3)c(-c3cc(OC)c(OC)c(OC)c3)oc2c1. The van der Waals surface area contributed by atoms with Gasteiger partial charge in [-0.15, -0.1) is 10.2 Å². The fraction of sp³-hybridized carbons (Fsp3) is 0.233. The van der Waals surface area contributed by atoms with Gasteiger partial charge >= 0.3 is 0 Å². The number of nitrogens with zero attached hydrogens (tertiary/aromatic N) is 2. The van der Waals surface area contributed by atoms with Crippen molar-refractivity contribution in [3.8, 4) is 45.8 Å². The van der Waals surface area contributed by atoms with Crippen LogP contribution in [0, 0.1) is 0 Å². The monoisotopic (exact) mass is 642 g/mol. The van der Waals surface area contributed by atoms with Gasteiger partial charge in [-0.1, -0.05) is 52.9 Å². The van der Waals surface area contributed by atoms with Crippen molar-refractivity contribution in [2.75, 3.05) is 35.5 Å². The third-order valence-electron chi connectivity index (χ3n) is 6.37. The van der Waals surface area contributed by atoms with Crippen LogP contribution in [0.25, 0.3) is 22.3 Å². The van der Waals surface area contributed by atoms with Gasteiger partial charge in [-0.3, -0.25) is 4.79 Å². The van der Waals surface area contributed by atoms with Gasteiger partial charge in [-0.2, -0.15) is 0 Å². The molecule has 43 heavy (non-hydrogen) atoms. The second-order valence-corrected chi connectivity index (χ2v) is 11.5. The van der Waals surface area contributed by atoms with Gasteiger partial charge in [0.1, 0.15) is 29.1 Å². The number of methoxy groups -OCH3 is 5. The molecule has 0 bridgehead atoms. The van der Waals surface area contributed by atoms with Gasteiger partial charge in [0.2, 0.25) is 16.9 Å². The van der Waals surface area contributed by atoms with Crippen molar-refractivity contribution in [3.05, 3.63) is 74.3 Å². The molecule has 224 valence electrons. The van der Waals surface area contributed by atoms with Gasteiger partial charge in [0.05, 0.1) is 35.5 Å². The minimum absolute atomic E-state index is 0.0313. The fourth-order valence-corrected chi connectivity index (χ4v) is 6.39. The zero-order valence-electron chi connectivity index (χ0n) is 23.9. The minimum atomic E-state index is -0.442. The molecule has 0 N–H and O–H groups in total. The fourth-order valence-electron chi connectivity index (χ4n) is 4.30. The van der Waals surface area contributed by atoms with Crippen molar-refractivity contribution < 1.29 is 32.8 Å². The number of benzene rings is 3. The molecule has 0 saturated heterocycles. The molecule has 0 amide bonds. The number of aromatic nitrogens is 2. The van der Waals surface area contributed by atoms with Crippen LogP contribution in [0.15, 0.2) is 62.1 Å². The summed E-state index contributed by atoms with van der Waals surface area (Å²) in [5.41, 5.74) is 1.25. The number of fused-ring (bicyclic) bond motifs is 1. The molecule has 0 aliphatic rings. The third-order valence-corrected chi connectivity index (χ3v) is 8.82. The van der Waals surface area contributed by atoms with E-state index in [0.29, 0.717) is 44.3 Å². The zero-order valence-corrected chi connectivity index (χ0v) is 26.3. The largest absolute Gasteiger partial charge is 0.496 e. The lowest BCUT2D eigenvalue weighted by Gasteiger charge is -2.16. The molecule has 0 unspecified atom stereocenters. The first-order valence-corrected chi connectivity index (χ1v) is 14.9. The van der Waals surface area contributed by atoms with Gasteiger partial charge in [-0.25, -0.2) is 0 Å². The average Bonchev–Trinajstić information content (AvgIpc) is 3.49. The van der Waals surface area contributed by atoms with Crippen LogP contribution in [0.5, 0.6) is 34.5 Å². The molecule has 0 aliphatic carbocycles. The summed E-state index contributed by atoms with van der Waals surface area (Å²) in [6, 6.07) is 14.2. The quantitative estimate of drug-likeness (QED) is 0.133. The number of rotatable bonds is 12. The number of hydrogen-bond acceptors (Lipinski definition) is 12. The first-order valence-electron chi connectivity index (χ1n) is 12.7. The second-order valence-electron chi connectivity index (χ2n) is 8.84. The van der Waals surface area contributed by atoms with Crippen molar-refractivity contribution in [2.45, 2.75) is 16.7 Å². The Labute approximate surface area is 260 Å². The summed E-state index contributed by atoms with van der Waals surface area (Å²) < 4.78 is 40.6. The van der Waals surface area contributed by atoms with Crippen molar-refractivity contribution in [1.82, 2.24) is 10.2 Å². The molecule has 5 rings (SSSR count). The Kier molecular flexibility index (Phi) is 9.49.